The average molecular weight is 265 g/mol. The molecule has 1 aromatic rings. The number of ether oxygens (including phenoxy) is 1. The quantitative estimate of drug-likeness (QED) is 0.764. The van der Waals surface area contributed by atoms with Crippen LogP contribution in [-0.2, 0) is 0 Å². The zero-order chi connectivity index (χ0) is 13.0. The van der Waals surface area contributed by atoms with Crippen LogP contribution in [0.1, 0.15) is 16.8 Å². The number of rotatable bonds is 5. The van der Waals surface area contributed by atoms with Crippen molar-refractivity contribution in [2.24, 2.45) is 0 Å². The predicted octanol–water partition coefficient (Wildman–Crippen LogP) is 2.32. The zero-order valence-corrected chi connectivity index (χ0v) is 11.7. The third-order valence-corrected chi connectivity index (χ3v) is 4.47. The Morgan fingerprint density at radius 2 is 2.28 bits per heavy atom. The number of hydrogen-bond donors (Lipinski definition) is 0. The van der Waals surface area contributed by atoms with Crippen LogP contribution in [0.25, 0.3) is 0 Å². The first kappa shape index (κ1) is 13.4. The molecule has 0 radical (unpaired) electrons. The number of ketones is 1. The van der Waals surface area contributed by atoms with Gasteiger partial charge in [0.1, 0.15) is 5.75 Å². The summed E-state index contributed by atoms with van der Waals surface area (Å²) in [6.45, 7) is 0.464. The molecule has 18 heavy (non-hydrogen) atoms. The number of carbonyl (C=O) groups excluding carboxylic acids is 1. The van der Waals surface area contributed by atoms with E-state index in [0.717, 1.165) is 5.75 Å². The fraction of sp³-hybridized carbons (Fsp3) is 0.500. The fourth-order valence-corrected chi connectivity index (χ4v) is 3.48. The molecule has 1 saturated heterocycles. The monoisotopic (exact) mass is 265 g/mol. The first-order valence-electron chi connectivity index (χ1n) is 6.16. The van der Waals surface area contributed by atoms with E-state index in [4.69, 9.17) is 4.74 Å². The van der Waals surface area contributed by atoms with Crippen LogP contribution in [0.15, 0.2) is 24.3 Å². The van der Waals surface area contributed by atoms with Gasteiger partial charge in [-0.3, -0.25) is 9.69 Å². The molecule has 0 amide bonds. The normalized spacial score (nSPS) is 19.2. The standard InChI is InChI=1S/C14H19NO2S/c1-15(11-7-8-18-10-11)9-13(16)12-5-3-4-6-14(12)17-2/h3-6,11H,7-10H2,1-2H3. The summed E-state index contributed by atoms with van der Waals surface area (Å²) in [4.78, 5) is 14.4. The fourth-order valence-electron chi connectivity index (χ4n) is 2.19. The van der Waals surface area contributed by atoms with Gasteiger partial charge in [0, 0.05) is 11.8 Å². The maximum atomic E-state index is 12.3. The lowest BCUT2D eigenvalue weighted by Crippen LogP contribution is -2.35. The van der Waals surface area contributed by atoms with Crippen molar-refractivity contribution in [3.63, 3.8) is 0 Å². The summed E-state index contributed by atoms with van der Waals surface area (Å²) in [7, 11) is 3.63. The Morgan fingerprint density at radius 3 is 2.94 bits per heavy atom. The van der Waals surface area contributed by atoms with Gasteiger partial charge >= 0.3 is 0 Å². The molecule has 1 heterocycles. The van der Waals surface area contributed by atoms with Crippen molar-refractivity contribution in [2.45, 2.75) is 12.5 Å². The molecule has 3 nitrogen and oxygen atoms in total. The molecule has 1 aromatic carbocycles. The number of carbonyl (C=O) groups is 1. The van der Waals surface area contributed by atoms with Crippen molar-refractivity contribution in [1.82, 2.24) is 4.90 Å². The van der Waals surface area contributed by atoms with Crippen LogP contribution in [0.3, 0.4) is 0 Å². The molecule has 0 aromatic heterocycles. The summed E-state index contributed by atoms with van der Waals surface area (Å²) in [6.07, 6.45) is 1.18. The molecular formula is C14H19NO2S. The molecular weight excluding hydrogens is 246 g/mol. The molecule has 1 fully saturated rings. The van der Waals surface area contributed by atoms with Crippen LogP contribution < -0.4 is 4.74 Å². The van der Waals surface area contributed by atoms with Gasteiger partial charge in [-0.1, -0.05) is 12.1 Å². The molecule has 0 saturated carbocycles. The van der Waals surface area contributed by atoms with Crippen LogP contribution in [0.4, 0.5) is 0 Å². The van der Waals surface area contributed by atoms with Gasteiger partial charge in [-0.15, -0.1) is 0 Å². The number of para-hydroxylation sites is 1. The summed E-state index contributed by atoms with van der Waals surface area (Å²) >= 11 is 1.96. The minimum atomic E-state index is 0.131. The number of hydrogen-bond acceptors (Lipinski definition) is 4. The van der Waals surface area contributed by atoms with Crippen molar-refractivity contribution in [1.29, 1.82) is 0 Å². The van der Waals surface area contributed by atoms with Crippen LogP contribution in [0.5, 0.6) is 5.75 Å². The molecule has 0 aliphatic carbocycles. The minimum absolute atomic E-state index is 0.131. The summed E-state index contributed by atoms with van der Waals surface area (Å²) in [6, 6.07) is 7.96. The van der Waals surface area contributed by atoms with Gasteiger partial charge in [0.2, 0.25) is 0 Å². The summed E-state index contributed by atoms with van der Waals surface area (Å²) in [5.74, 6) is 3.14. The Morgan fingerprint density at radius 1 is 1.50 bits per heavy atom. The van der Waals surface area contributed by atoms with Crippen molar-refractivity contribution in [3.8, 4) is 5.75 Å². The third kappa shape index (κ3) is 3.06. The SMILES string of the molecule is COc1ccccc1C(=O)CN(C)C1CCSC1. The van der Waals surface area contributed by atoms with Gasteiger partial charge in [0.15, 0.2) is 5.78 Å². The van der Waals surface area contributed by atoms with Gasteiger partial charge in [-0.25, -0.2) is 0 Å². The lowest BCUT2D eigenvalue weighted by atomic mass is 10.1. The Balaban J connectivity index is 2.02. The number of benzene rings is 1. The van der Waals surface area contributed by atoms with Gasteiger partial charge in [-0.2, -0.15) is 11.8 Å². The molecule has 2 rings (SSSR count). The Hall–Kier alpha value is -1.00. The largest absolute Gasteiger partial charge is 0.496 e. The first-order chi connectivity index (χ1) is 8.72. The van der Waals surface area contributed by atoms with Gasteiger partial charge in [0.05, 0.1) is 19.2 Å². The van der Waals surface area contributed by atoms with Crippen LogP contribution in [-0.4, -0.2) is 48.9 Å². The second kappa shape index (κ2) is 6.25. The predicted molar refractivity (Wildman–Crippen MR) is 75.7 cm³/mol. The molecule has 0 N–H and O–H groups in total. The van der Waals surface area contributed by atoms with Gasteiger partial charge in [0.25, 0.3) is 0 Å². The highest BCUT2D eigenvalue weighted by molar-refractivity contribution is 7.99. The van der Waals surface area contributed by atoms with E-state index in [1.165, 1.54) is 12.2 Å². The average Bonchev–Trinajstić information content (AvgIpc) is 2.92. The van der Waals surface area contributed by atoms with Gasteiger partial charge in [-0.05, 0) is 31.4 Å². The summed E-state index contributed by atoms with van der Waals surface area (Å²) in [5, 5.41) is 0. The molecule has 98 valence electrons. The number of nitrogens with zero attached hydrogens (tertiary/aromatic N) is 1. The highest BCUT2D eigenvalue weighted by atomic mass is 32.2. The molecule has 0 bridgehead atoms. The minimum Gasteiger partial charge on any atom is -0.496 e. The number of Topliss-reactive ketones (excluding diaryl/α,β-unsaturated/α-hetero) is 1. The smallest absolute Gasteiger partial charge is 0.180 e. The van der Waals surface area contributed by atoms with Crippen LogP contribution in [0, 0.1) is 0 Å². The van der Waals surface area contributed by atoms with E-state index in [1.54, 1.807) is 7.11 Å². The summed E-state index contributed by atoms with van der Waals surface area (Å²) in [5.41, 5.74) is 0.678. The lowest BCUT2D eigenvalue weighted by molar-refractivity contribution is 0.0924. The highest BCUT2D eigenvalue weighted by Crippen LogP contribution is 2.23. The maximum absolute atomic E-state index is 12.3. The topological polar surface area (TPSA) is 29.5 Å². The Bertz CT molecular complexity index is 416. The third-order valence-electron chi connectivity index (χ3n) is 3.33. The number of likely N-dealkylation sites (N-methyl/N-ethyl adjacent to an activating group) is 1. The van der Waals surface area contributed by atoms with E-state index >= 15 is 0 Å². The second-order valence-electron chi connectivity index (χ2n) is 4.56. The number of methoxy groups -OCH3 is 1. The zero-order valence-electron chi connectivity index (χ0n) is 10.9. The van der Waals surface area contributed by atoms with E-state index in [0.29, 0.717) is 23.9 Å². The van der Waals surface area contributed by atoms with E-state index in [-0.39, 0.29) is 5.78 Å². The molecule has 1 unspecified atom stereocenters. The lowest BCUT2D eigenvalue weighted by Gasteiger charge is -2.22. The molecule has 4 heteroatoms. The maximum Gasteiger partial charge on any atom is 0.180 e. The number of thioether (sulfide) groups is 1. The van der Waals surface area contributed by atoms with E-state index < -0.39 is 0 Å². The van der Waals surface area contributed by atoms with Crippen molar-refractivity contribution >= 4 is 17.5 Å². The first-order valence-corrected chi connectivity index (χ1v) is 7.32. The molecule has 1 aliphatic rings. The molecule has 0 spiro atoms. The van der Waals surface area contributed by atoms with Crippen molar-refractivity contribution < 1.29 is 9.53 Å². The van der Waals surface area contributed by atoms with E-state index in [1.807, 2.05) is 43.1 Å². The Labute approximate surface area is 113 Å². The molecule has 1 aliphatic heterocycles. The van der Waals surface area contributed by atoms with Crippen molar-refractivity contribution in [2.75, 3.05) is 32.2 Å². The van der Waals surface area contributed by atoms with Crippen LogP contribution in [0.2, 0.25) is 0 Å². The van der Waals surface area contributed by atoms with Crippen LogP contribution >= 0.6 is 11.8 Å². The summed E-state index contributed by atoms with van der Waals surface area (Å²) < 4.78 is 5.23. The molecule has 1 atom stereocenters. The van der Waals surface area contributed by atoms with E-state index in [2.05, 4.69) is 4.90 Å². The van der Waals surface area contributed by atoms with Crippen molar-refractivity contribution in [3.05, 3.63) is 29.8 Å². The second-order valence-corrected chi connectivity index (χ2v) is 5.71. The highest BCUT2D eigenvalue weighted by Gasteiger charge is 2.22. The van der Waals surface area contributed by atoms with Gasteiger partial charge < -0.3 is 4.74 Å². The Kier molecular flexibility index (Phi) is 4.66. The van der Waals surface area contributed by atoms with E-state index in [9.17, 15) is 4.79 Å².